The first-order valence-electron chi connectivity index (χ1n) is 7.37. The van der Waals surface area contributed by atoms with Crippen LogP contribution in [0.4, 0.5) is 15.8 Å². The molecule has 1 heterocycles. The number of ether oxygens (including phenoxy) is 1. The van der Waals surface area contributed by atoms with Gasteiger partial charge in [0.25, 0.3) is 5.91 Å². The number of nitrogens with two attached hydrogens (primary N) is 1. The van der Waals surface area contributed by atoms with Crippen LogP contribution in [0.3, 0.4) is 0 Å². The maximum Gasteiger partial charge on any atom is 0.265 e. The maximum absolute atomic E-state index is 12.9. The Balaban J connectivity index is 1.74. The number of nitrogens with zero attached hydrogens (tertiary/aromatic N) is 1. The van der Waals surface area contributed by atoms with Crippen molar-refractivity contribution >= 4 is 23.2 Å². The van der Waals surface area contributed by atoms with Crippen LogP contribution in [0.1, 0.15) is 5.56 Å². The number of carbonyl (C=O) groups is 2. The molecule has 0 saturated carbocycles. The molecule has 0 spiro atoms. The van der Waals surface area contributed by atoms with Gasteiger partial charge in [0.15, 0.2) is 6.61 Å². The zero-order chi connectivity index (χ0) is 17.1. The molecule has 7 heteroatoms. The Morgan fingerprint density at radius 2 is 2.00 bits per heavy atom. The topological polar surface area (TPSA) is 84.7 Å². The number of benzene rings is 2. The monoisotopic (exact) mass is 329 g/mol. The molecule has 2 aromatic carbocycles. The highest BCUT2D eigenvalue weighted by Gasteiger charge is 2.26. The van der Waals surface area contributed by atoms with Crippen molar-refractivity contribution in [3.05, 3.63) is 53.8 Å². The van der Waals surface area contributed by atoms with E-state index in [1.807, 2.05) is 0 Å². The lowest BCUT2D eigenvalue weighted by molar-refractivity contribution is -0.124. The van der Waals surface area contributed by atoms with E-state index in [4.69, 9.17) is 10.5 Å². The van der Waals surface area contributed by atoms with Gasteiger partial charge in [-0.25, -0.2) is 4.39 Å². The number of rotatable bonds is 5. The highest BCUT2D eigenvalue weighted by Crippen LogP contribution is 2.34. The van der Waals surface area contributed by atoms with Gasteiger partial charge < -0.3 is 15.8 Å². The van der Waals surface area contributed by atoms with Crippen LogP contribution in [-0.4, -0.2) is 25.0 Å². The van der Waals surface area contributed by atoms with Gasteiger partial charge in [0, 0.05) is 18.3 Å². The molecule has 0 aromatic heterocycles. The normalized spacial score (nSPS) is 13.2. The standard InChI is InChI=1S/C17H16FN3O3/c18-12-3-1-11(2-4-12)8-20-13-5-6-14-15(7-13)24-10-17(23)21(14)9-16(19)22/h1-7,20H,8-10H2,(H2,19,22). The first kappa shape index (κ1) is 15.8. The van der Waals surface area contributed by atoms with Crippen LogP contribution in [0, 0.1) is 5.82 Å². The summed E-state index contributed by atoms with van der Waals surface area (Å²) in [4.78, 5) is 24.3. The van der Waals surface area contributed by atoms with Crippen LogP contribution in [0.15, 0.2) is 42.5 Å². The Morgan fingerprint density at radius 3 is 2.71 bits per heavy atom. The van der Waals surface area contributed by atoms with E-state index in [9.17, 15) is 14.0 Å². The van der Waals surface area contributed by atoms with Gasteiger partial charge in [-0.15, -0.1) is 0 Å². The van der Waals surface area contributed by atoms with E-state index in [-0.39, 0.29) is 24.9 Å². The predicted octanol–water partition coefficient (Wildman–Crippen LogP) is 1.65. The Kier molecular flexibility index (Phi) is 4.33. The van der Waals surface area contributed by atoms with Crippen molar-refractivity contribution in [3.8, 4) is 5.75 Å². The molecule has 2 aromatic rings. The Hall–Kier alpha value is -3.09. The largest absolute Gasteiger partial charge is 0.481 e. The quantitative estimate of drug-likeness (QED) is 0.873. The van der Waals surface area contributed by atoms with Gasteiger partial charge in [-0.3, -0.25) is 14.5 Å². The van der Waals surface area contributed by atoms with Crippen LogP contribution in [0.2, 0.25) is 0 Å². The zero-order valence-corrected chi connectivity index (χ0v) is 12.8. The molecule has 0 aliphatic carbocycles. The molecule has 3 N–H and O–H groups in total. The first-order valence-corrected chi connectivity index (χ1v) is 7.37. The van der Waals surface area contributed by atoms with E-state index in [1.165, 1.54) is 17.0 Å². The fourth-order valence-corrected chi connectivity index (χ4v) is 2.45. The third-order valence-corrected chi connectivity index (χ3v) is 3.63. The lowest BCUT2D eigenvalue weighted by Gasteiger charge is -2.28. The summed E-state index contributed by atoms with van der Waals surface area (Å²) in [5.41, 5.74) is 7.41. The summed E-state index contributed by atoms with van der Waals surface area (Å²) in [6.45, 7) is 0.197. The Labute approximate surface area is 138 Å². The summed E-state index contributed by atoms with van der Waals surface area (Å²) in [6.07, 6.45) is 0. The molecule has 0 atom stereocenters. The van der Waals surface area contributed by atoms with Crippen LogP contribution in [0.5, 0.6) is 5.75 Å². The van der Waals surface area contributed by atoms with Crippen molar-refractivity contribution in [2.45, 2.75) is 6.54 Å². The predicted molar refractivity (Wildman–Crippen MR) is 87.2 cm³/mol. The van der Waals surface area contributed by atoms with Gasteiger partial charge in [0.05, 0.1) is 5.69 Å². The average molecular weight is 329 g/mol. The Morgan fingerprint density at radius 1 is 1.25 bits per heavy atom. The van der Waals surface area contributed by atoms with E-state index in [0.29, 0.717) is 18.0 Å². The molecular formula is C17H16FN3O3. The SMILES string of the molecule is NC(=O)CN1C(=O)COc2cc(NCc3ccc(F)cc3)ccc21. The molecule has 0 fully saturated rings. The molecule has 3 rings (SSSR count). The van der Waals surface area contributed by atoms with Gasteiger partial charge in [0.1, 0.15) is 18.1 Å². The molecular weight excluding hydrogens is 313 g/mol. The highest BCUT2D eigenvalue weighted by atomic mass is 19.1. The minimum atomic E-state index is -0.588. The molecule has 2 amide bonds. The Bertz CT molecular complexity index is 777. The van der Waals surface area contributed by atoms with E-state index in [1.54, 1.807) is 30.3 Å². The van der Waals surface area contributed by atoms with E-state index >= 15 is 0 Å². The summed E-state index contributed by atoms with van der Waals surface area (Å²) in [6, 6.07) is 11.4. The number of amides is 2. The van der Waals surface area contributed by atoms with Crippen LogP contribution < -0.4 is 20.7 Å². The highest BCUT2D eigenvalue weighted by molar-refractivity contribution is 6.02. The number of hydrogen-bond donors (Lipinski definition) is 2. The number of fused-ring (bicyclic) bond motifs is 1. The minimum absolute atomic E-state index is 0.137. The van der Waals surface area contributed by atoms with Gasteiger partial charge in [-0.2, -0.15) is 0 Å². The van der Waals surface area contributed by atoms with Crippen LogP contribution in [-0.2, 0) is 16.1 Å². The van der Waals surface area contributed by atoms with Gasteiger partial charge >= 0.3 is 0 Å². The van der Waals surface area contributed by atoms with E-state index in [2.05, 4.69) is 5.32 Å². The molecule has 0 unspecified atom stereocenters. The number of carbonyl (C=O) groups excluding carboxylic acids is 2. The molecule has 24 heavy (non-hydrogen) atoms. The molecule has 0 radical (unpaired) electrons. The number of hydrogen-bond acceptors (Lipinski definition) is 4. The molecule has 0 bridgehead atoms. The zero-order valence-electron chi connectivity index (χ0n) is 12.8. The van der Waals surface area contributed by atoms with Crippen molar-refractivity contribution in [1.82, 2.24) is 0 Å². The minimum Gasteiger partial charge on any atom is -0.481 e. The average Bonchev–Trinajstić information content (AvgIpc) is 2.56. The summed E-state index contributed by atoms with van der Waals surface area (Å²) in [5.74, 6) is -0.678. The molecule has 1 aliphatic rings. The van der Waals surface area contributed by atoms with E-state index in [0.717, 1.165) is 11.3 Å². The van der Waals surface area contributed by atoms with Crippen molar-refractivity contribution < 1.29 is 18.7 Å². The lowest BCUT2D eigenvalue weighted by atomic mass is 10.2. The van der Waals surface area contributed by atoms with Crippen LogP contribution >= 0.6 is 0 Å². The summed E-state index contributed by atoms with van der Waals surface area (Å²) >= 11 is 0. The summed E-state index contributed by atoms with van der Waals surface area (Å²) < 4.78 is 18.3. The van der Waals surface area contributed by atoms with Gasteiger partial charge in [0.2, 0.25) is 5.91 Å². The second kappa shape index (κ2) is 6.57. The molecule has 124 valence electrons. The fraction of sp³-hybridized carbons (Fsp3) is 0.176. The van der Waals surface area contributed by atoms with Crippen molar-refractivity contribution in [2.24, 2.45) is 5.73 Å². The van der Waals surface area contributed by atoms with Gasteiger partial charge in [-0.05, 0) is 29.8 Å². The maximum atomic E-state index is 12.9. The van der Waals surface area contributed by atoms with Crippen molar-refractivity contribution in [3.63, 3.8) is 0 Å². The molecule has 0 saturated heterocycles. The fourth-order valence-electron chi connectivity index (χ4n) is 2.45. The van der Waals surface area contributed by atoms with Crippen molar-refractivity contribution in [2.75, 3.05) is 23.4 Å². The molecule has 1 aliphatic heterocycles. The lowest BCUT2D eigenvalue weighted by Crippen LogP contribution is -2.43. The third-order valence-electron chi connectivity index (χ3n) is 3.63. The second-order valence-corrected chi connectivity index (χ2v) is 5.40. The van der Waals surface area contributed by atoms with E-state index < -0.39 is 5.91 Å². The molecule has 6 nitrogen and oxygen atoms in total. The van der Waals surface area contributed by atoms with Crippen molar-refractivity contribution in [1.29, 1.82) is 0 Å². The first-order chi connectivity index (χ1) is 11.5. The number of halogens is 1. The summed E-state index contributed by atoms with van der Waals surface area (Å²) in [7, 11) is 0. The number of primary amides is 1. The number of anilines is 2. The number of nitrogens with one attached hydrogen (secondary N) is 1. The smallest absolute Gasteiger partial charge is 0.265 e. The van der Waals surface area contributed by atoms with Gasteiger partial charge in [-0.1, -0.05) is 12.1 Å². The van der Waals surface area contributed by atoms with Crippen LogP contribution in [0.25, 0.3) is 0 Å². The summed E-state index contributed by atoms with van der Waals surface area (Å²) in [5, 5.41) is 3.20. The third kappa shape index (κ3) is 3.45. The second-order valence-electron chi connectivity index (χ2n) is 5.40.